The summed E-state index contributed by atoms with van der Waals surface area (Å²) in [7, 11) is 0. The second kappa shape index (κ2) is 7.84. The SMILES string of the molecule is O=C(CCc1c[nH]c2ccccc12)NC1CCN(Cc2ccc(F)cc2)C1=O. The van der Waals surface area contributed by atoms with Gasteiger partial charge in [0.25, 0.3) is 0 Å². The van der Waals surface area contributed by atoms with E-state index in [1.807, 2.05) is 30.5 Å². The molecular weight excluding hydrogens is 357 g/mol. The number of aryl methyl sites for hydroxylation is 1. The molecule has 144 valence electrons. The van der Waals surface area contributed by atoms with Crippen molar-refractivity contribution in [3.63, 3.8) is 0 Å². The van der Waals surface area contributed by atoms with Gasteiger partial charge in [0.2, 0.25) is 11.8 Å². The number of fused-ring (bicyclic) bond motifs is 1. The Morgan fingerprint density at radius 2 is 1.96 bits per heavy atom. The first-order valence-electron chi connectivity index (χ1n) is 9.48. The van der Waals surface area contributed by atoms with Crippen LogP contribution in [0.4, 0.5) is 4.39 Å². The van der Waals surface area contributed by atoms with Crippen molar-refractivity contribution in [3.05, 3.63) is 71.7 Å². The molecule has 1 aromatic heterocycles. The Hall–Kier alpha value is -3.15. The standard InChI is InChI=1S/C22H22FN3O2/c23-17-8-5-15(6-9-17)14-26-12-11-20(22(26)28)25-21(27)10-7-16-13-24-19-4-2-1-3-18(16)19/h1-6,8-9,13,20,24H,7,10-12,14H2,(H,25,27). The van der Waals surface area contributed by atoms with Crippen molar-refractivity contribution in [1.82, 2.24) is 15.2 Å². The van der Waals surface area contributed by atoms with Crippen molar-refractivity contribution in [2.24, 2.45) is 0 Å². The zero-order chi connectivity index (χ0) is 19.5. The molecule has 0 radical (unpaired) electrons. The summed E-state index contributed by atoms with van der Waals surface area (Å²) in [5, 5.41) is 3.99. The van der Waals surface area contributed by atoms with Crippen LogP contribution in [-0.4, -0.2) is 34.3 Å². The maximum absolute atomic E-state index is 13.0. The van der Waals surface area contributed by atoms with Gasteiger partial charge in [0.05, 0.1) is 0 Å². The fourth-order valence-electron chi connectivity index (χ4n) is 3.69. The number of nitrogens with zero attached hydrogens (tertiary/aromatic N) is 1. The molecular formula is C22H22FN3O2. The summed E-state index contributed by atoms with van der Waals surface area (Å²) in [6.07, 6.45) is 3.49. The van der Waals surface area contributed by atoms with Gasteiger partial charge in [-0.25, -0.2) is 4.39 Å². The fourth-order valence-corrected chi connectivity index (χ4v) is 3.69. The van der Waals surface area contributed by atoms with Gasteiger partial charge in [0, 0.05) is 36.6 Å². The molecule has 0 aliphatic carbocycles. The van der Waals surface area contributed by atoms with Crippen LogP contribution in [0.5, 0.6) is 0 Å². The Bertz CT molecular complexity index is 996. The number of para-hydroxylation sites is 1. The number of nitrogens with one attached hydrogen (secondary N) is 2. The van der Waals surface area contributed by atoms with Gasteiger partial charge in [-0.1, -0.05) is 30.3 Å². The molecule has 0 spiro atoms. The molecule has 1 saturated heterocycles. The molecule has 0 saturated carbocycles. The Kier molecular flexibility index (Phi) is 5.10. The summed E-state index contributed by atoms with van der Waals surface area (Å²) in [6.45, 7) is 1.02. The van der Waals surface area contributed by atoms with E-state index in [0.29, 0.717) is 32.4 Å². The number of hydrogen-bond donors (Lipinski definition) is 2. The molecule has 4 rings (SSSR count). The average Bonchev–Trinajstić information content (AvgIpc) is 3.27. The van der Waals surface area contributed by atoms with Crippen LogP contribution in [0.1, 0.15) is 24.0 Å². The lowest BCUT2D eigenvalue weighted by molar-refractivity contribution is -0.133. The van der Waals surface area contributed by atoms with E-state index in [0.717, 1.165) is 22.0 Å². The van der Waals surface area contributed by atoms with Crippen molar-refractivity contribution in [1.29, 1.82) is 0 Å². The maximum Gasteiger partial charge on any atom is 0.245 e. The highest BCUT2D eigenvalue weighted by atomic mass is 19.1. The minimum atomic E-state index is -0.476. The topological polar surface area (TPSA) is 65.2 Å². The summed E-state index contributed by atoms with van der Waals surface area (Å²) in [6, 6.07) is 13.6. The fraction of sp³-hybridized carbons (Fsp3) is 0.273. The van der Waals surface area contributed by atoms with Crippen LogP contribution in [0.15, 0.2) is 54.7 Å². The zero-order valence-electron chi connectivity index (χ0n) is 15.5. The van der Waals surface area contributed by atoms with E-state index >= 15 is 0 Å². The normalized spacial score (nSPS) is 16.7. The van der Waals surface area contributed by atoms with E-state index in [1.54, 1.807) is 17.0 Å². The van der Waals surface area contributed by atoms with Crippen molar-refractivity contribution < 1.29 is 14.0 Å². The molecule has 2 heterocycles. The van der Waals surface area contributed by atoms with E-state index in [-0.39, 0.29) is 17.6 Å². The van der Waals surface area contributed by atoms with Crippen LogP contribution >= 0.6 is 0 Å². The van der Waals surface area contributed by atoms with Crippen molar-refractivity contribution >= 4 is 22.7 Å². The molecule has 1 atom stereocenters. The Balaban J connectivity index is 1.30. The van der Waals surface area contributed by atoms with Crippen LogP contribution in [0.3, 0.4) is 0 Å². The first-order chi connectivity index (χ1) is 13.6. The molecule has 1 unspecified atom stereocenters. The third-order valence-electron chi connectivity index (χ3n) is 5.22. The zero-order valence-corrected chi connectivity index (χ0v) is 15.5. The minimum absolute atomic E-state index is 0.0789. The Morgan fingerprint density at radius 1 is 1.18 bits per heavy atom. The lowest BCUT2D eigenvalue weighted by Gasteiger charge is -2.17. The van der Waals surface area contributed by atoms with Gasteiger partial charge < -0.3 is 15.2 Å². The number of rotatable bonds is 6. The molecule has 1 fully saturated rings. The first kappa shape index (κ1) is 18.2. The number of benzene rings is 2. The van der Waals surface area contributed by atoms with Crippen LogP contribution in [0.25, 0.3) is 10.9 Å². The third-order valence-corrected chi connectivity index (χ3v) is 5.22. The minimum Gasteiger partial charge on any atom is -0.361 e. The highest BCUT2D eigenvalue weighted by molar-refractivity contribution is 5.89. The van der Waals surface area contributed by atoms with Gasteiger partial charge in [-0.3, -0.25) is 9.59 Å². The Labute approximate surface area is 162 Å². The number of aromatic amines is 1. The van der Waals surface area contributed by atoms with Crippen molar-refractivity contribution in [2.45, 2.75) is 31.8 Å². The largest absolute Gasteiger partial charge is 0.361 e. The quantitative estimate of drug-likeness (QED) is 0.691. The van der Waals surface area contributed by atoms with Gasteiger partial charge in [-0.15, -0.1) is 0 Å². The van der Waals surface area contributed by atoms with Gasteiger partial charge in [0.15, 0.2) is 0 Å². The molecule has 5 nitrogen and oxygen atoms in total. The van der Waals surface area contributed by atoms with Crippen LogP contribution in [0.2, 0.25) is 0 Å². The number of likely N-dealkylation sites (tertiary alicyclic amines) is 1. The maximum atomic E-state index is 13.0. The van der Waals surface area contributed by atoms with Gasteiger partial charge in [-0.2, -0.15) is 0 Å². The monoisotopic (exact) mass is 379 g/mol. The number of H-pyrrole nitrogens is 1. The van der Waals surface area contributed by atoms with E-state index in [4.69, 9.17) is 0 Å². The number of carbonyl (C=O) groups excluding carboxylic acids is 2. The Morgan fingerprint density at radius 3 is 2.79 bits per heavy atom. The first-order valence-corrected chi connectivity index (χ1v) is 9.48. The van der Waals surface area contributed by atoms with Crippen molar-refractivity contribution in [3.8, 4) is 0 Å². The molecule has 6 heteroatoms. The van der Waals surface area contributed by atoms with Crippen LogP contribution in [0, 0.1) is 5.82 Å². The lowest BCUT2D eigenvalue weighted by Crippen LogP contribution is -2.41. The molecule has 2 aromatic carbocycles. The number of amides is 2. The summed E-state index contributed by atoms with van der Waals surface area (Å²) in [5.41, 5.74) is 3.03. The number of carbonyl (C=O) groups is 2. The summed E-state index contributed by atoms with van der Waals surface area (Å²) < 4.78 is 13.0. The number of halogens is 1. The van der Waals surface area contributed by atoms with Gasteiger partial charge >= 0.3 is 0 Å². The van der Waals surface area contributed by atoms with E-state index in [2.05, 4.69) is 10.3 Å². The second-order valence-electron chi connectivity index (χ2n) is 7.15. The molecule has 1 aliphatic rings. The van der Waals surface area contributed by atoms with Crippen molar-refractivity contribution in [2.75, 3.05) is 6.54 Å². The molecule has 2 amide bonds. The number of hydrogen-bond acceptors (Lipinski definition) is 2. The van der Waals surface area contributed by atoms with Gasteiger partial charge in [0.1, 0.15) is 11.9 Å². The van der Waals surface area contributed by atoms with E-state index in [9.17, 15) is 14.0 Å². The van der Waals surface area contributed by atoms with E-state index in [1.165, 1.54) is 12.1 Å². The predicted molar refractivity (Wildman–Crippen MR) is 105 cm³/mol. The highest BCUT2D eigenvalue weighted by Crippen LogP contribution is 2.19. The van der Waals surface area contributed by atoms with Gasteiger partial charge in [-0.05, 0) is 42.2 Å². The third kappa shape index (κ3) is 3.91. The van der Waals surface area contributed by atoms with Crippen LogP contribution < -0.4 is 5.32 Å². The number of aromatic nitrogens is 1. The molecule has 3 aromatic rings. The van der Waals surface area contributed by atoms with Crippen LogP contribution in [-0.2, 0) is 22.6 Å². The summed E-state index contributed by atoms with van der Waals surface area (Å²) in [5.74, 6) is -0.492. The highest BCUT2D eigenvalue weighted by Gasteiger charge is 2.32. The molecule has 0 bridgehead atoms. The molecule has 1 aliphatic heterocycles. The lowest BCUT2D eigenvalue weighted by atomic mass is 10.1. The molecule has 2 N–H and O–H groups in total. The second-order valence-corrected chi connectivity index (χ2v) is 7.15. The average molecular weight is 379 g/mol. The van der Waals surface area contributed by atoms with E-state index < -0.39 is 6.04 Å². The summed E-state index contributed by atoms with van der Waals surface area (Å²) in [4.78, 5) is 29.8. The smallest absolute Gasteiger partial charge is 0.245 e. The summed E-state index contributed by atoms with van der Waals surface area (Å²) >= 11 is 0. The molecule has 28 heavy (non-hydrogen) atoms. The predicted octanol–water partition coefficient (Wildman–Crippen LogP) is 3.16.